The average molecular weight is 415 g/mol. The van der Waals surface area contributed by atoms with Crippen molar-refractivity contribution in [2.75, 3.05) is 0 Å². The van der Waals surface area contributed by atoms with Crippen LogP contribution in [0.3, 0.4) is 0 Å². The van der Waals surface area contributed by atoms with Gasteiger partial charge in [-0.05, 0) is 0 Å². The van der Waals surface area contributed by atoms with E-state index in [1.807, 2.05) is 0 Å². The maximum atomic E-state index is 5.01. The Hall–Kier alpha value is 5.12. The Labute approximate surface area is 147 Å². The second kappa shape index (κ2) is 9.21. The van der Waals surface area contributed by atoms with Gasteiger partial charge in [0.05, 0.1) is 0 Å². The summed E-state index contributed by atoms with van der Waals surface area (Å²) in [5, 5.41) is 0. The molecule has 0 amide bonds. The molecule has 0 N–H and O–H groups in total. The quantitative estimate of drug-likeness (QED) is 0.532. The van der Waals surface area contributed by atoms with Gasteiger partial charge in [0.1, 0.15) is 0 Å². The molecular weight excluding hydrogens is 415 g/mol. The van der Waals surface area contributed by atoms with E-state index in [0.717, 1.165) is 0 Å². The number of hydrogen-bond acceptors (Lipinski definition) is 0. The first kappa shape index (κ1) is 18.0. The molecule has 0 aromatic carbocycles. The Morgan fingerprint density at radius 2 is 0.714 bits per heavy atom. The minimum absolute atomic E-state index is 0. The van der Waals surface area contributed by atoms with Crippen LogP contribution in [0.15, 0.2) is 0 Å². The third-order valence-electron chi connectivity index (χ3n) is 0. The normalized spacial score (nSPS) is 10.9. The monoisotopic (exact) mass is 413 g/mol. The first-order chi connectivity index (χ1) is 2.00. The van der Waals surface area contributed by atoms with E-state index in [4.69, 9.17) is 37.7 Å². The second-order valence-electron chi connectivity index (χ2n) is 0.271. The van der Waals surface area contributed by atoms with Crippen molar-refractivity contribution in [2.24, 2.45) is 0 Å². The first-order valence-corrected chi connectivity index (χ1v) is 11.7. The summed E-state index contributed by atoms with van der Waals surface area (Å²) in [5.41, 5.74) is 0. The topological polar surface area (TPSA) is 0 Å². The van der Waals surface area contributed by atoms with Crippen molar-refractivity contribution in [1.82, 2.24) is 0 Å². The molecule has 0 unspecified atom stereocenters. The minimum atomic E-state index is -3.06. The standard InChI is InChI=1S/4ClH.2K.Pt/h4*1H;;;/q;;;;;;+4/p-4. The van der Waals surface area contributed by atoms with Crippen LogP contribution in [-0.2, 0) is 11.9 Å². The van der Waals surface area contributed by atoms with Gasteiger partial charge in [-0.2, -0.15) is 0 Å². The van der Waals surface area contributed by atoms with E-state index in [9.17, 15) is 0 Å². The summed E-state index contributed by atoms with van der Waals surface area (Å²) in [6, 6.07) is 0. The van der Waals surface area contributed by atoms with Crippen molar-refractivity contribution < 1.29 is 11.9 Å². The smallest absolute Gasteiger partial charge is 0 e. The van der Waals surface area contributed by atoms with E-state index in [1.165, 1.54) is 0 Å². The zero-order chi connectivity index (χ0) is 4.50. The molecule has 0 aromatic rings. The van der Waals surface area contributed by atoms with Gasteiger partial charge >= 0.3 is 49.6 Å². The van der Waals surface area contributed by atoms with Gasteiger partial charge in [0, 0.05) is 103 Å². The summed E-state index contributed by atoms with van der Waals surface area (Å²) in [7, 11) is 20.0. The van der Waals surface area contributed by atoms with Gasteiger partial charge in [-0.15, -0.1) is 0 Å². The predicted molar refractivity (Wildman–Crippen MR) is 34.9 cm³/mol. The third kappa shape index (κ3) is 35.3. The molecule has 0 nitrogen and oxygen atoms in total. The molecular formula is Cl4K2Pt. The zero-order valence-electron chi connectivity index (χ0n) is 3.83. The zero-order valence-corrected chi connectivity index (χ0v) is 15.4. The van der Waals surface area contributed by atoms with Crippen molar-refractivity contribution in [2.45, 2.75) is 0 Å². The molecule has 0 rings (SSSR count). The van der Waals surface area contributed by atoms with Crippen LogP contribution < -0.4 is 0 Å². The molecule has 0 saturated carbocycles. The van der Waals surface area contributed by atoms with Crippen LogP contribution in [0.1, 0.15) is 0 Å². The van der Waals surface area contributed by atoms with E-state index < -0.39 is 11.9 Å². The van der Waals surface area contributed by atoms with Crippen LogP contribution >= 0.6 is 37.7 Å². The summed E-state index contributed by atoms with van der Waals surface area (Å²) in [4.78, 5) is 0. The summed E-state index contributed by atoms with van der Waals surface area (Å²) in [6.45, 7) is 0. The molecule has 0 aromatic heterocycles. The molecule has 7 heteroatoms. The van der Waals surface area contributed by atoms with Crippen LogP contribution in [0, 0.1) is 0 Å². The van der Waals surface area contributed by atoms with Gasteiger partial charge in [-0.1, -0.05) is 0 Å². The second-order valence-corrected chi connectivity index (χ2v) is 20.0. The van der Waals surface area contributed by atoms with Crippen LogP contribution in [-0.4, -0.2) is 103 Å². The first-order valence-electron chi connectivity index (χ1n) is 0.478. The molecule has 0 bridgehead atoms. The number of hydrogen-bond donors (Lipinski definition) is 0. The average Bonchev–Trinajstić information content (AvgIpc) is 0.722. The summed E-state index contributed by atoms with van der Waals surface area (Å²) >= 11 is -3.06. The maximum absolute atomic E-state index is 5.01. The third-order valence-corrected chi connectivity index (χ3v) is 0. The predicted octanol–water partition coefficient (Wildman–Crippen LogP) is 1.99. The Bertz CT molecular complexity index is 25.2. The summed E-state index contributed by atoms with van der Waals surface area (Å²) in [6.07, 6.45) is 0. The van der Waals surface area contributed by atoms with Gasteiger partial charge in [0.2, 0.25) is 0 Å². The van der Waals surface area contributed by atoms with Gasteiger partial charge in [-0.25, -0.2) is 0 Å². The molecule has 0 heterocycles. The Morgan fingerprint density at radius 1 is 0.714 bits per heavy atom. The van der Waals surface area contributed by atoms with Gasteiger partial charge < -0.3 is 0 Å². The van der Waals surface area contributed by atoms with Crippen LogP contribution in [0.2, 0.25) is 0 Å². The van der Waals surface area contributed by atoms with Crippen molar-refractivity contribution in [3.63, 3.8) is 0 Å². The van der Waals surface area contributed by atoms with Crippen LogP contribution in [0.25, 0.3) is 0 Å². The van der Waals surface area contributed by atoms with E-state index in [1.54, 1.807) is 0 Å². The summed E-state index contributed by atoms with van der Waals surface area (Å²) in [5.74, 6) is 0. The molecule has 0 saturated heterocycles. The fourth-order valence-corrected chi connectivity index (χ4v) is 0. The molecule has 0 spiro atoms. The van der Waals surface area contributed by atoms with E-state index in [0.29, 0.717) is 0 Å². The Balaban J connectivity index is -0.0000000800. The number of halogens is 4. The van der Waals surface area contributed by atoms with Gasteiger partial charge in [0.15, 0.2) is 0 Å². The minimum Gasteiger partial charge on any atom is 0 e. The molecule has 40 valence electrons. The Kier molecular flexibility index (Phi) is 23.7. The molecule has 7 heavy (non-hydrogen) atoms. The molecule has 0 aliphatic rings. The summed E-state index contributed by atoms with van der Waals surface area (Å²) < 4.78 is 0. The van der Waals surface area contributed by atoms with Crippen molar-refractivity contribution in [3.05, 3.63) is 0 Å². The van der Waals surface area contributed by atoms with Crippen molar-refractivity contribution in [3.8, 4) is 0 Å². The van der Waals surface area contributed by atoms with E-state index >= 15 is 0 Å². The van der Waals surface area contributed by atoms with E-state index in [-0.39, 0.29) is 103 Å². The Morgan fingerprint density at radius 3 is 0.714 bits per heavy atom. The fourth-order valence-electron chi connectivity index (χ4n) is 0. The van der Waals surface area contributed by atoms with Gasteiger partial charge in [-0.3, -0.25) is 0 Å². The molecule has 2 radical (unpaired) electrons. The van der Waals surface area contributed by atoms with Gasteiger partial charge in [0.25, 0.3) is 0 Å². The fraction of sp³-hybridized carbons (Fsp3) is 0. The molecule has 0 fully saturated rings. The van der Waals surface area contributed by atoms with E-state index in [2.05, 4.69) is 0 Å². The molecule has 0 atom stereocenters. The largest absolute Gasteiger partial charge is 0 e. The van der Waals surface area contributed by atoms with Crippen LogP contribution in [0.4, 0.5) is 0 Å². The van der Waals surface area contributed by atoms with Crippen molar-refractivity contribution >= 4 is 140 Å². The maximum Gasteiger partial charge on any atom is 0 e. The molecule has 0 aliphatic heterocycles. The molecule has 0 aliphatic carbocycles. The van der Waals surface area contributed by atoms with Crippen molar-refractivity contribution in [1.29, 1.82) is 0 Å². The van der Waals surface area contributed by atoms with Crippen LogP contribution in [0.5, 0.6) is 0 Å². The SMILES string of the molecule is [Cl][Pt]([Cl])([Cl])[Cl].[K].[K]. The number of rotatable bonds is 0.